The van der Waals surface area contributed by atoms with E-state index in [1.807, 2.05) is 4.72 Å². The number of aliphatic hydroxyl groups excluding tert-OH is 3. The average molecular weight is 631 g/mol. The first-order valence-corrected chi connectivity index (χ1v) is 13.4. The van der Waals surface area contributed by atoms with Gasteiger partial charge in [-0.2, -0.15) is 0 Å². The van der Waals surface area contributed by atoms with Gasteiger partial charge in [-0.3, -0.25) is 24.2 Å². The average Bonchev–Trinajstić information content (AvgIpc) is 3.23. The van der Waals surface area contributed by atoms with Gasteiger partial charge in [0.1, 0.15) is 11.0 Å². The van der Waals surface area contributed by atoms with Gasteiger partial charge in [0.05, 0.1) is 25.0 Å². The third kappa shape index (κ3) is 9.79. The SMILES string of the molecule is O=C(O)CC(O)(CC(=O)O)C(=O)O.O=C1NS(=O)(=O)c2ccccc21.O=C1O[C@H]([C@@H](O)CO)C(OP(=O)(O)O)=C1O. The van der Waals surface area contributed by atoms with E-state index in [4.69, 9.17) is 45.5 Å². The van der Waals surface area contributed by atoms with Crippen LogP contribution in [0.3, 0.4) is 0 Å². The van der Waals surface area contributed by atoms with E-state index in [-0.39, 0.29) is 10.5 Å². The summed E-state index contributed by atoms with van der Waals surface area (Å²) in [6.07, 6.45) is -5.59. The van der Waals surface area contributed by atoms with Crippen molar-refractivity contribution < 1.29 is 91.7 Å². The summed E-state index contributed by atoms with van der Waals surface area (Å²) in [4.78, 5) is 69.4. The molecule has 0 bridgehead atoms. The number of amides is 1. The Labute approximate surface area is 228 Å². The van der Waals surface area contributed by atoms with Gasteiger partial charge in [0, 0.05) is 0 Å². The van der Waals surface area contributed by atoms with Gasteiger partial charge in [-0.25, -0.2) is 27.3 Å². The monoisotopic (exact) mass is 631 g/mol. The highest BCUT2D eigenvalue weighted by Gasteiger charge is 2.43. The summed E-state index contributed by atoms with van der Waals surface area (Å²) >= 11 is 0. The molecule has 0 fully saturated rings. The highest BCUT2D eigenvalue weighted by molar-refractivity contribution is 7.90. The Bertz CT molecular complexity index is 1380. The van der Waals surface area contributed by atoms with Crippen molar-refractivity contribution in [2.75, 3.05) is 6.61 Å². The maximum absolute atomic E-state index is 11.1. The van der Waals surface area contributed by atoms with Crippen LogP contribution in [0.15, 0.2) is 40.7 Å². The van der Waals surface area contributed by atoms with Gasteiger partial charge in [0.25, 0.3) is 15.9 Å². The summed E-state index contributed by atoms with van der Waals surface area (Å²) in [6.45, 7) is -0.848. The Morgan fingerprint density at radius 2 is 1.59 bits per heavy atom. The molecular formula is C19H22NO19PS. The lowest BCUT2D eigenvalue weighted by Gasteiger charge is -2.18. The first kappa shape index (κ1) is 34.9. The Morgan fingerprint density at radius 1 is 1.07 bits per heavy atom. The third-order valence-corrected chi connectivity index (χ3v) is 6.43. The van der Waals surface area contributed by atoms with Gasteiger partial charge in [0.2, 0.25) is 11.5 Å². The van der Waals surface area contributed by atoms with Crippen LogP contribution >= 0.6 is 7.82 Å². The fourth-order valence-electron chi connectivity index (χ4n) is 2.87. The summed E-state index contributed by atoms with van der Waals surface area (Å²) in [6, 6.07) is 6.09. The third-order valence-electron chi connectivity index (χ3n) is 4.61. The normalized spacial score (nSPS) is 17.9. The molecule has 10 N–H and O–H groups in total. The number of nitrogens with one attached hydrogen (secondary N) is 1. The number of carbonyl (C=O) groups is 5. The molecule has 0 radical (unpaired) electrons. The molecular weight excluding hydrogens is 609 g/mol. The van der Waals surface area contributed by atoms with Crippen molar-refractivity contribution in [3.8, 4) is 0 Å². The summed E-state index contributed by atoms with van der Waals surface area (Å²) in [7, 11) is -8.56. The highest BCUT2D eigenvalue weighted by atomic mass is 32.2. The van der Waals surface area contributed by atoms with Crippen LogP contribution < -0.4 is 4.72 Å². The number of carboxylic acids is 3. The second-order valence-corrected chi connectivity index (χ2v) is 10.6. The lowest BCUT2D eigenvalue weighted by Crippen LogP contribution is -2.42. The topological polar surface area (TPSA) is 349 Å². The molecule has 41 heavy (non-hydrogen) atoms. The molecule has 0 aliphatic carbocycles. The number of fused-ring (bicyclic) bond motifs is 1. The predicted octanol–water partition coefficient (Wildman–Crippen LogP) is -2.99. The Balaban J connectivity index is 0.000000311. The molecule has 2 heterocycles. The van der Waals surface area contributed by atoms with Crippen LogP contribution in [0.5, 0.6) is 0 Å². The lowest BCUT2D eigenvalue weighted by molar-refractivity contribution is -0.170. The summed E-state index contributed by atoms with van der Waals surface area (Å²) in [5, 5.41) is 60.6. The zero-order valence-electron chi connectivity index (χ0n) is 20.0. The number of phosphoric acid groups is 1. The molecule has 1 aromatic carbocycles. The number of phosphoric ester groups is 1. The van der Waals surface area contributed by atoms with Crippen molar-refractivity contribution in [3.63, 3.8) is 0 Å². The molecule has 1 amide bonds. The predicted molar refractivity (Wildman–Crippen MR) is 124 cm³/mol. The van der Waals surface area contributed by atoms with E-state index in [9.17, 15) is 37.0 Å². The lowest BCUT2D eigenvalue weighted by atomic mass is 9.96. The molecule has 1 aromatic rings. The number of rotatable bonds is 9. The van der Waals surface area contributed by atoms with E-state index < -0.39 is 96.4 Å². The van der Waals surface area contributed by atoms with E-state index in [0.717, 1.165) is 0 Å². The van der Waals surface area contributed by atoms with Crippen molar-refractivity contribution in [1.29, 1.82) is 0 Å². The Hall–Kier alpha value is -4.11. The van der Waals surface area contributed by atoms with Crippen molar-refractivity contribution in [3.05, 3.63) is 41.3 Å². The number of ether oxygens (including phenoxy) is 1. The molecule has 2 aliphatic heterocycles. The summed E-state index contributed by atoms with van der Waals surface area (Å²) in [5.74, 6) is -8.93. The fourth-order valence-corrected chi connectivity index (χ4v) is 4.49. The van der Waals surface area contributed by atoms with E-state index in [0.29, 0.717) is 0 Å². The maximum Gasteiger partial charge on any atom is 0.524 e. The van der Waals surface area contributed by atoms with E-state index >= 15 is 0 Å². The molecule has 0 aromatic heterocycles. The molecule has 2 atom stereocenters. The first-order valence-electron chi connectivity index (χ1n) is 10.4. The highest BCUT2D eigenvalue weighted by Crippen LogP contribution is 2.43. The van der Waals surface area contributed by atoms with Crippen molar-refractivity contribution in [1.82, 2.24) is 4.72 Å². The molecule has 0 saturated carbocycles. The van der Waals surface area contributed by atoms with Gasteiger partial charge in [-0.05, 0) is 12.1 Å². The number of hydrogen-bond donors (Lipinski definition) is 10. The molecule has 22 heteroatoms. The van der Waals surface area contributed by atoms with Crippen LogP contribution in [-0.2, 0) is 43.0 Å². The van der Waals surface area contributed by atoms with E-state index in [1.165, 1.54) is 12.1 Å². The van der Waals surface area contributed by atoms with Crippen LogP contribution in [0.4, 0.5) is 0 Å². The quantitative estimate of drug-likeness (QED) is 0.0959. The number of cyclic esters (lactones) is 1. The number of aliphatic hydroxyl groups is 4. The molecule has 3 rings (SSSR count). The molecule has 0 unspecified atom stereocenters. The molecule has 0 spiro atoms. The molecule has 0 saturated heterocycles. The minimum atomic E-state index is -5.01. The number of esters is 1. The van der Waals surface area contributed by atoms with Crippen molar-refractivity contribution >= 4 is 47.6 Å². The number of sulfonamides is 1. The van der Waals surface area contributed by atoms with E-state index in [1.54, 1.807) is 12.1 Å². The summed E-state index contributed by atoms with van der Waals surface area (Å²) < 4.78 is 43.0. The maximum atomic E-state index is 11.1. The molecule has 228 valence electrons. The number of hydrogen-bond acceptors (Lipinski definition) is 14. The van der Waals surface area contributed by atoms with Gasteiger partial charge in [-0.1, -0.05) is 12.1 Å². The van der Waals surface area contributed by atoms with Crippen LogP contribution in [0.1, 0.15) is 23.2 Å². The Kier molecular flexibility index (Phi) is 11.5. The minimum absolute atomic E-state index is 0.0648. The van der Waals surface area contributed by atoms with Crippen LogP contribution in [-0.4, -0.2) is 108 Å². The molecule has 2 aliphatic rings. The second-order valence-electron chi connectivity index (χ2n) is 7.78. The van der Waals surface area contributed by atoms with E-state index in [2.05, 4.69) is 9.26 Å². The molecule has 20 nitrogen and oxygen atoms in total. The standard InChI is InChI=1S/C7H5NO3S.C6H9O9P.C6H8O7/c9-7-5-3-1-2-4-6(5)12(10,11)8-7;7-1-2(8)4-5(15-16(11,12)13)3(9)6(10)14-4;7-3(8)1-6(13,5(11)12)2-4(9)10/h1-4H,(H,8,9);2,4,7-9H,1H2,(H2,11,12,13);13H,1-2H2,(H,7,8)(H,9,10)(H,11,12)/t;2-,4+;/m.0./s1. The summed E-state index contributed by atoms with van der Waals surface area (Å²) in [5.41, 5.74) is -2.52. The van der Waals surface area contributed by atoms with Gasteiger partial charge in [-0.15, -0.1) is 0 Å². The zero-order chi connectivity index (χ0) is 31.9. The van der Waals surface area contributed by atoms with Crippen molar-refractivity contribution in [2.24, 2.45) is 0 Å². The smallest absolute Gasteiger partial charge is 0.499 e. The number of aliphatic carboxylic acids is 3. The van der Waals surface area contributed by atoms with Gasteiger partial charge >= 0.3 is 31.7 Å². The number of carboxylic acid groups (broad SMARTS) is 3. The zero-order valence-corrected chi connectivity index (χ0v) is 21.8. The van der Waals surface area contributed by atoms with Crippen LogP contribution in [0, 0.1) is 0 Å². The van der Waals surface area contributed by atoms with Gasteiger partial charge < -0.3 is 45.0 Å². The van der Waals surface area contributed by atoms with Crippen molar-refractivity contribution in [2.45, 2.75) is 35.5 Å². The first-order chi connectivity index (χ1) is 18.6. The van der Waals surface area contributed by atoms with Gasteiger partial charge in [0.15, 0.2) is 11.7 Å². The minimum Gasteiger partial charge on any atom is -0.499 e. The Morgan fingerprint density at radius 3 is 2.00 bits per heavy atom. The van der Waals surface area contributed by atoms with Crippen LogP contribution in [0.25, 0.3) is 0 Å². The fraction of sp³-hybridized carbons (Fsp3) is 0.316. The second kappa shape index (κ2) is 13.5. The number of carbonyl (C=O) groups excluding carboxylic acids is 2. The van der Waals surface area contributed by atoms with Crippen LogP contribution in [0.2, 0.25) is 0 Å². The largest absolute Gasteiger partial charge is 0.524 e. The number of benzene rings is 1.